The first-order valence-electron chi connectivity index (χ1n) is 10.3. The molecule has 0 unspecified atom stereocenters. The minimum absolute atomic E-state index is 0.134. The van der Waals surface area contributed by atoms with Crippen LogP contribution in [-0.2, 0) is 10.3 Å². The molecule has 166 valence electrons. The second kappa shape index (κ2) is 7.64. The van der Waals surface area contributed by atoms with E-state index in [1.165, 1.54) is 16.2 Å². The molecule has 2 aliphatic rings. The van der Waals surface area contributed by atoms with Crippen molar-refractivity contribution in [3.8, 4) is 17.2 Å². The molecule has 2 N–H and O–H groups in total. The Balaban J connectivity index is 1.59. The molecule has 0 bridgehead atoms. The first-order chi connectivity index (χ1) is 15.8. The molecule has 0 aliphatic carbocycles. The number of thiophene rings is 1. The second-order valence-corrected chi connectivity index (χ2v) is 9.13. The highest BCUT2D eigenvalue weighted by molar-refractivity contribution is 7.10. The van der Waals surface area contributed by atoms with Crippen molar-refractivity contribution in [3.05, 3.63) is 63.9 Å². The third-order valence-electron chi connectivity index (χ3n) is 6.24. The van der Waals surface area contributed by atoms with E-state index in [2.05, 4.69) is 16.0 Å². The molecule has 0 saturated carbocycles. The highest BCUT2D eigenvalue weighted by Gasteiger charge is 2.56. The van der Waals surface area contributed by atoms with Crippen molar-refractivity contribution in [3.63, 3.8) is 0 Å². The van der Waals surface area contributed by atoms with E-state index in [1.54, 1.807) is 20.0 Å². The number of halogens is 1. The molecule has 1 saturated heterocycles. The molecule has 3 aromatic rings. The van der Waals surface area contributed by atoms with Crippen molar-refractivity contribution >= 4 is 29.2 Å². The zero-order valence-corrected chi connectivity index (χ0v) is 18.8. The van der Waals surface area contributed by atoms with Crippen LogP contribution in [0.4, 0.5) is 10.3 Å². The van der Waals surface area contributed by atoms with E-state index in [9.17, 15) is 14.4 Å². The van der Waals surface area contributed by atoms with Gasteiger partial charge in [-0.15, -0.1) is 11.3 Å². The molecule has 5 rings (SSSR count). The Bertz CT molecular complexity index is 1350. The summed E-state index contributed by atoms with van der Waals surface area (Å²) in [5, 5.41) is 11.2. The number of fused-ring (bicyclic) bond motifs is 1. The number of amides is 1. The van der Waals surface area contributed by atoms with Gasteiger partial charge < -0.3 is 10.6 Å². The maximum absolute atomic E-state index is 13.7. The van der Waals surface area contributed by atoms with E-state index < -0.39 is 17.3 Å². The molecule has 33 heavy (non-hydrogen) atoms. The Labute approximate surface area is 193 Å². The van der Waals surface area contributed by atoms with Gasteiger partial charge in [-0.3, -0.25) is 9.69 Å². The quantitative estimate of drug-likeness (QED) is 0.642. The van der Waals surface area contributed by atoms with Crippen LogP contribution in [-0.4, -0.2) is 46.9 Å². The number of benzene rings is 1. The summed E-state index contributed by atoms with van der Waals surface area (Å²) in [4.78, 5) is 30.6. The molecule has 1 aromatic carbocycles. The molecule has 2 aromatic heterocycles. The fourth-order valence-corrected chi connectivity index (χ4v) is 5.50. The predicted molar refractivity (Wildman–Crippen MR) is 123 cm³/mol. The third-order valence-corrected chi connectivity index (χ3v) is 7.34. The number of aliphatic imine (C=N–C) groups is 1. The van der Waals surface area contributed by atoms with Gasteiger partial charge in [-0.2, -0.15) is 5.26 Å². The van der Waals surface area contributed by atoms with Crippen molar-refractivity contribution in [1.82, 2.24) is 14.9 Å². The monoisotopic (exact) mass is 461 g/mol. The van der Waals surface area contributed by atoms with Crippen molar-refractivity contribution in [2.75, 3.05) is 25.0 Å². The normalized spacial score (nSPS) is 22.2. The minimum Gasteiger partial charge on any atom is -0.369 e. The van der Waals surface area contributed by atoms with E-state index in [0.717, 1.165) is 22.2 Å². The van der Waals surface area contributed by atoms with Crippen molar-refractivity contribution in [2.24, 2.45) is 16.6 Å². The smallest absolute Gasteiger partial charge is 0.236 e. The fraction of sp³-hybridized carbons (Fsp3) is 0.261. The van der Waals surface area contributed by atoms with E-state index in [4.69, 9.17) is 10.7 Å². The Morgan fingerprint density at radius 2 is 2.15 bits per heavy atom. The van der Waals surface area contributed by atoms with Gasteiger partial charge in [0.2, 0.25) is 11.9 Å². The van der Waals surface area contributed by atoms with Crippen LogP contribution in [0, 0.1) is 30.0 Å². The van der Waals surface area contributed by atoms with Crippen LogP contribution in [0.3, 0.4) is 0 Å². The van der Waals surface area contributed by atoms with Gasteiger partial charge in [-0.25, -0.2) is 19.4 Å². The van der Waals surface area contributed by atoms with Gasteiger partial charge in [-0.05, 0) is 41.6 Å². The number of aromatic nitrogens is 2. The van der Waals surface area contributed by atoms with E-state index >= 15 is 0 Å². The molecule has 1 amide bonds. The number of carbonyl (C=O) groups is 1. The van der Waals surface area contributed by atoms with Crippen LogP contribution in [0.2, 0.25) is 0 Å². The number of nitriles is 1. The fourth-order valence-electron chi connectivity index (χ4n) is 4.39. The Morgan fingerprint density at radius 1 is 1.33 bits per heavy atom. The molecular weight excluding hydrogens is 441 g/mol. The van der Waals surface area contributed by atoms with E-state index in [1.807, 2.05) is 34.5 Å². The highest BCUT2D eigenvalue weighted by Crippen LogP contribution is 2.47. The van der Waals surface area contributed by atoms with Crippen molar-refractivity contribution in [1.29, 1.82) is 5.26 Å². The van der Waals surface area contributed by atoms with Crippen LogP contribution < -0.4 is 10.6 Å². The zero-order valence-electron chi connectivity index (χ0n) is 18.0. The topological polar surface area (TPSA) is 112 Å². The van der Waals surface area contributed by atoms with Gasteiger partial charge >= 0.3 is 0 Å². The third kappa shape index (κ3) is 3.32. The maximum Gasteiger partial charge on any atom is 0.236 e. The van der Waals surface area contributed by atoms with Gasteiger partial charge in [0.25, 0.3) is 0 Å². The number of guanidine groups is 1. The van der Waals surface area contributed by atoms with Crippen LogP contribution in [0.15, 0.2) is 46.9 Å². The average Bonchev–Trinajstić information content (AvgIpc) is 3.46. The van der Waals surface area contributed by atoms with Gasteiger partial charge in [0.15, 0.2) is 11.8 Å². The number of rotatable bonds is 3. The lowest BCUT2D eigenvalue weighted by molar-refractivity contribution is -0.132. The number of hydrogen-bond donors (Lipinski definition) is 1. The van der Waals surface area contributed by atoms with Crippen LogP contribution in [0.5, 0.6) is 0 Å². The highest BCUT2D eigenvalue weighted by atomic mass is 32.1. The molecule has 1 fully saturated rings. The largest absolute Gasteiger partial charge is 0.369 e. The van der Waals surface area contributed by atoms with Crippen LogP contribution in [0.25, 0.3) is 11.1 Å². The summed E-state index contributed by atoms with van der Waals surface area (Å²) in [5.74, 6) is -0.613. The molecule has 2 aliphatic heterocycles. The van der Waals surface area contributed by atoms with Gasteiger partial charge in [0.05, 0.1) is 36.0 Å². The summed E-state index contributed by atoms with van der Waals surface area (Å²) < 4.78 is 13.7. The maximum atomic E-state index is 13.7. The number of aryl methyl sites for hydroxylation is 1. The summed E-state index contributed by atoms with van der Waals surface area (Å²) in [5.41, 5.74) is 7.91. The number of carbonyl (C=O) groups excluding carboxylic acids is 1. The zero-order chi connectivity index (χ0) is 23.3. The average molecular weight is 462 g/mol. The number of nitrogens with two attached hydrogens (primary N) is 1. The van der Waals surface area contributed by atoms with E-state index in [0.29, 0.717) is 24.6 Å². The summed E-state index contributed by atoms with van der Waals surface area (Å²) >= 11 is 1.50. The molecule has 10 heteroatoms. The molecule has 0 radical (unpaired) electrons. The van der Waals surface area contributed by atoms with Gasteiger partial charge in [0.1, 0.15) is 5.54 Å². The minimum atomic E-state index is -0.908. The van der Waals surface area contributed by atoms with Gasteiger partial charge in [-0.1, -0.05) is 12.1 Å². The first-order valence-corrected chi connectivity index (χ1v) is 11.2. The molecule has 0 spiro atoms. The van der Waals surface area contributed by atoms with Crippen molar-refractivity contribution in [2.45, 2.75) is 12.5 Å². The molecule has 4 heterocycles. The molecule has 2 atom stereocenters. The van der Waals surface area contributed by atoms with Crippen molar-refractivity contribution < 1.29 is 9.18 Å². The Kier molecular flexibility index (Phi) is 4.87. The number of nitrogens with zero attached hydrogens (tertiary/aromatic N) is 6. The lowest BCUT2D eigenvalue weighted by atomic mass is 9.83. The summed E-state index contributed by atoms with van der Waals surface area (Å²) in [6, 6.07) is 11.5. The predicted octanol–water partition coefficient (Wildman–Crippen LogP) is 2.64. The van der Waals surface area contributed by atoms with Crippen LogP contribution >= 0.6 is 11.3 Å². The SMILES string of the molecule is Cc1nc(N2C[C@H]3C(=O)N(C)C(N)=N[C@@]3(c3cc(-c4cccc(C#N)c4)cs3)C2)ncc1F. The number of anilines is 1. The first kappa shape index (κ1) is 21.0. The Morgan fingerprint density at radius 3 is 2.91 bits per heavy atom. The summed E-state index contributed by atoms with van der Waals surface area (Å²) in [6.07, 6.45) is 1.14. The van der Waals surface area contributed by atoms with E-state index in [-0.39, 0.29) is 17.6 Å². The lowest BCUT2D eigenvalue weighted by Crippen LogP contribution is -2.54. The standard InChI is InChI=1S/C23H20FN7OS/c1-13-18(24)9-27-22(28-13)31-10-17-20(32)30(2)21(26)29-23(17,12-31)19-7-16(11-33-19)15-5-3-4-14(6-15)8-25/h3-7,9,11,17H,10,12H2,1-2H3,(H2,26,29)/t17-,23-/m0/s1. The summed E-state index contributed by atoms with van der Waals surface area (Å²) in [6.45, 7) is 2.25. The second-order valence-electron chi connectivity index (χ2n) is 8.22. The lowest BCUT2D eigenvalue weighted by Gasteiger charge is -2.36. The van der Waals surface area contributed by atoms with Crippen LogP contribution in [0.1, 0.15) is 16.1 Å². The molecular formula is C23H20FN7OS. The number of hydrogen-bond acceptors (Lipinski definition) is 8. The summed E-state index contributed by atoms with van der Waals surface area (Å²) in [7, 11) is 1.61. The Hall–Kier alpha value is -3.84. The molecule has 8 nitrogen and oxygen atoms in total. The van der Waals surface area contributed by atoms with Gasteiger partial charge in [0, 0.05) is 18.5 Å².